The second-order valence-electron chi connectivity index (χ2n) is 5.28. The molecule has 0 aliphatic carbocycles. The van der Waals surface area contributed by atoms with Gasteiger partial charge in [-0.1, -0.05) is 5.21 Å². The topological polar surface area (TPSA) is 54.2 Å². The van der Waals surface area contributed by atoms with Crippen LogP contribution in [0.1, 0.15) is 22.5 Å². The van der Waals surface area contributed by atoms with E-state index in [2.05, 4.69) is 10.3 Å². The fourth-order valence-electron chi connectivity index (χ4n) is 2.61. The molecule has 1 aromatic heterocycles. The highest BCUT2D eigenvalue weighted by Crippen LogP contribution is 2.21. The van der Waals surface area contributed by atoms with Crippen molar-refractivity contribution < 1.29 is 13.9 Å². The van der Waals surface area contributed by atoms with Gasteiger partial charge >= 0.3 is 0 Å². The first-order chi connectivity index (χ1) is 10.1. The average molecular weight is 294 g/mol. The lowest BCUT2D eigenvalue weighted by Crippen LogP contribution is -2.34. The molecule has 1 aromatic carbocycles. The second-order valence-corrected chi connectivity index (χ2v) is 5.28. The van der Waals surface area contributed by atoms with Crippen LogP contribution in [0.25, 0.3) is 0 Å². The number of fused-ring (bicyclic) bond motifs is 1. The number of hydrogen-bond donors (Lipinski definition) is 1. The Hall–Kier alpha value is -1.86. The number of rotatable bonds is 3. The van der Waals surface area contributed by atoms with E-state index in [1.807, 2.05) is 4.90 Å². The smallest absolute Gasteiger partial charge is 0.130 e. The van der Waals surface area contributed by atoms with Crippen molar-refractivity contribution in [1.29, 1.82) is 0 Å². The minimum Gasteiger partial charge on any atom is -0.390 e. The lowest BCUT2D eigenvalue weighted by molar-refractivity contribution is 0.196. The molecule has 0 atom stereocenters. The van der Waals surface area contributed by atoms with Crippen molar-refractivity contribution >= 4 is 0 Å². The van der Waals surface area contributed by atoms with Gasteiger partial charge in [0.1, 0.15) is 17.3 Å². The maximum absolute atomic E-state index is 13.9. The van der Waals surface area contributed by atoms with Gasteiger partial charge in [0.15, 0.2) is 0 Å². The van der Waals surface area contributed by atoms with Crippen LogP contribution in [0.15, 0.2) is 12.1 Å². The van der Waals surface area contributed by atoms with Crippen LogP contribution in [-0.2, 0) is 26.2 Å². The Kier molecular flexibility index (Phi) is 3.69. The number of aromatic nitrogens is 3. The lowest BCUT2D eigenvalue weighted by Gasteiger charge is -2.27. The van der Waals surface area contributed by atoms with Crippen molar-refractivity contribution in [1.82, 2.24) is 19.9 Å². The molecule has 0 amide bonds. The first-order valence-corrected chi connectivity index (χ1v) is 6.77. The van der Waals surface area contributed by atoms with Gasteiger partial charge in [-0.05, 0) is 24.6 Å². The molecule has 0 saturated carbocycles. The number of aliphatic hydroxyl groups excluding tert-OH is 1. The van der Waals surface area contributed by atoms with Gasteiger partial charge in [-0.25, -0.2) is 13.5 Å². The Morgan fingerprint density at radius 2 is 1.95 bits per heavy atom. The van der Waals surface area contributed by atoms with Gasteiger partial charge in [0.05, 0.1) is 18.8 Å². The van der Waals surface area contributed by atoms with E-state index in [9.17, 15) is 13.9 Å². The lowest BCUT2D eigenvalue weighted by atomic mass is 10.1. The highest BCUT2D eigenvalue weighted by atomic mass is 19.1. The third-order valence-corrected chi connectivity index (χ3v) is 3.74. The van der Waals surface area contributed by atoms with Crippen LogP contribution in [0.4, 0.5) is 8.78 Å². The van der Waals surface area contributed by atoms with E-state index in [1.54, 1.807) is 11.6 Å². The first-order valence-electron chi connectivity index (χ1n) is 6.77. The molecule has 0 radical (unpaired) electrons. The summed E-state index contributed by atoms with van der Waals surface area (Å²) in [6.45, 7) is 3.36. The van der Waals surface area contributed by atoms with Gasteiger partial charge in [-0.15, -0.1) is 5.10 Å². The Morgan fingerprint density at radius 3 is 2.62 bits per heavy atom. The summed E-state index contributed by atoms with van der Waals surface area (Å²) in [6, 6.07) is 2.68. The maximum Gasteiger partial charge on any atom is 0.130 e. The summed E-state index contributed by atoms with van der Waals surface area (Å²) in [7, 11) is 0. The third kappa shape index (κ3) is 2.66. The summed E-state index contributed by atoms with van der Waals surface area (Å²) in [5.41, 5.74) is 1.96. The minimum atomic E-state index is -0.521. The highest BCUT2D eigenvalue weighted by Gasteiger charge is 2.23. The van der Waals surface area contributed by atoms with Crippen LogP contribution < -0.4 is 0 Å². The number of halogens is 2. The molecule has 21 heavy (non-hydrogen) atoms. The van der Waals surface area contributed by atoms with Crippen molar-refractivity contribution in [2.24, 2.45) is 0 Å². The zero-order valence-corrected chi connectivity index (χ0v) is 11.7. The minimum absolute atomic E-state index is 0.0760. The van der Waals surface area contributed by atoms with Gasteiger partial charge in [0.25, 0.3) is 0 Å². The van der Waals surface area contributed by atoms with Crippen molar-refractivity contribution in [2.45, 2.75) is 33.2 Å². The molecular formula is C14H16F2N4O. The van der Waals surface area contributed by atoms with E-state index in [0.29, 0.717) is 30.9 Å². The van der Waals surface area contributed by atoms with Gasteiger partial charge in [0, 0.05) is 25.2 Å². The molecule has 1 aliphatic heterocycles. The maximum atomic E-state index is 13.9. The predicted molar refractivity (Wildman–Crippen MR) is 71.2 cm³/mol. The fraction of sp³-hybridized carbons (Fsp3) is 0.429. The number of benzene rings is 1. The molecule has 5 nitrogen and oxygen atoms in total. The van der Waals surface area contributed by atoms with Crippen LogP contribution in [0, 0.1) is 18.6 Å². The molecule has 0 bridgehead atoms. The molecule has 0 spiro atoms. The number of hydrogen-bond acceptors (Lipinski definition) is 4. The molecule has 3 rings (SSSR count). The Labute approximate surface area is 120 Å². The second kappa shape index (κ2) is 5.50. The van der Waals surface area contributed by atoms with Gasteiger partial charge in [0.2, 0.25) is 0 Å². The summed E-state index contributed by atoms with van der Waals surface area (Å²) in [5, 5.41) is 17.1. The molecule has 2 heterocycles. The van der Waals surface area contributed by atoms with Gasteiger partial charge in [-0.2, -0.15) is 0 Å². The van der Waals surface area contributed by atoms with Crippen LogP contribution >= 0.6 is 0 Å². The normalized spacial score (nSPS) is 15.2. The number of aliphatic hydroxyl groups is 1. The van der Waals surface area contributed by atoms with E-state index in [-0.39, 0.29) is 18.7 Å². The molecule has 1 aliphatic rings. The molecular weight excluding hydrogens is 278 g/mol. The van der Waals surface area contributed by atoms with Crippen LogP contribution in [-0.4, -0.2) is 31.5 Å². The summed E-state index contributed by atoms with van der Waals surface area (Å²) >= 11 is 0. The SMILES string of the molecule is Cc1cc(F)c(CN2CCn3nnc(CO)c3C2)c(F)c1. The highest BCUT2D eigenvalue weighted by molar-refractivity contribution is 5.25. The zero-order valence-electron chi connectivity index (χ0n) is 11.7. The van der Waals surface area contributed by atoms with Gasteiger partial charge < -0.3 is 5.11 Å². The largest absolute Gasteiger partial charge is 0.390 e. The Bertz CT molecular complexity index is 634. The zero-order chi connectivity index (χ0) is 15.0. The van der Waals surface area contributed by atoms with Crippen molar-refractivity contribution in [2.75, 3.05) is 6.54 Å². The summed E-state index contributed by atoms with van der Waals surface area (Å²) in [4.78, 5) is 1.93. The third-order valence-electron chi connectivity index (χ3n) is 3.74. The summed E-state index contributed by atoms with van der Waals surface area (Å²) in [5.74, 6) is -1.04. The molecule has 0 fully saturated rings. The van der Waals surface area contributed by atoms with Crippen LogP contribution in [0.2, 0.25) is 0 Å². The summed E-state index contributed by atoms with van der Waals surface area (Å²) in [6.07, 6.45) is 0. The molecule has 0 saturated heterocycles. The molecule has 7 heteroatoms. The fourth-order valence-corrected chi connectivity index (χ4v) is 2.61. The van der Waals surface area contributed by atoms with Crippen molar-refractivity contribution in [3.05, 3.63) is 46.3 Å². The predicted octanol–water partition coefficient (Wildman–Crippen LogP) is 1.37. The van der Waals surface area contributed by atoms with E-state index in [0.717, 1.165) is 5.69 Å². The van der Waals surface area contributed by atoms with E-state index in [1.165, 1.54) is 12.1 Å². The monoisotopic (exact) mass is 294 g/mol. The average Bonchev–Trinajstić information content (AvgIpc) is 2.85. The molecule has 1 N–H and O–H groups in total. The molecule has 0 unspecified atom stereocenters. The first kappa shape index (κ1) is 14.1. The Morgan fingerprint density at radius 1 is 1.24 bits per heavy atom. The van der Waals surface area contributed by atoms with Gasteiger partial charge in [-0.3, -0.25) is 4.90 Å². The Balaban J connectivity index is 1.81. The quantitative estimate of drug-likeness (QED) is 0.929. The van der Waals surface area contributed by atoms with Crippen molar-refractivity contribution in [3.8, 4) is 0 Å². The number of nitrogens with zero attached hydrogens (tertiary/aromatic N) is 4. The van der Waals surface area contributed by atoms with E-state index >= 15 is 0 Å². The van der Waals surface area contributed by atoms with E-state index in [4.69, 9.17) is 0 Å². The van der Waals surface area contributed by atoms with Crippen LogP contribution in [0.3, 0.4) is 0 Å². The van der Waals surface area contributed by atoms with E-state index < -0.39 is 11.6 Å². The summed E-state index contributed by atoms with van der Waals surface area (Å²) < 4.78 is 29.5. The molecule has 2 aromatic rings. The standard InChI is InChI=1S/C14H16F2N4O/c1-9-4-11(15)10(12(16)5-9)6-19-2-3-20-14(7-19)13(8-21)17-18-20/h4-5,21H,2-3,6-8H2,1H3. The van der Waals surface area contributed by atoms with Crippen LogP contribution in [0.5, 0.6) is 0 Å². The van der Waals surface area contributed by atoms with Crippen molar-refractivity contribution in [3.63, 3.8) is 0 Å². The molecule has 112 valence electrons. The number of aryl methyl sites for hydroxylation is 1.